The van der Waals surface area contributed by atoms with Crippen molar-refractivity contribution in [3.63, 3.8) is 0 Å². The Morgan fingerprint density at radius 1 is 1.17 bits per heavy atom. The summed E-state index contributed by atoms with van der Waals surface area (Å²) in [4.78, 5) is 12.7. The molecule has 0 saturated carbocycles. The van der Waals surface area contributed by atoms with E-state index in [1.165, 1.54) is 6.07 Å². The van der Waals surface area contributed by atoms with Gasteiger partial charge in [0, 0.05) is 11.6 Å². The average Bonchev–Trinajstić information content (AvgIpc) is 2.45. The van der Waals surface area contributed by atoms with Gasteiger partial charge in [0.25, 0.3) is 0 Å². The van der Waals surface area contributed by atoms with Crippen LogP contribution in [0.5, 0.6) is 11.5 Å². The minimum absolute atomic E-state index is 0.0809. The number of aromatic hydroxyl groups is 2. The van der Waals surface area contributed by atoms with E-state index in [1.807, 2.05) is 32.9 Å². The Kier molecular flexibility index (Phi) is 3.60. The van der Waals surface area contributed by atoms with Gasteiger partial charge in [0.2, 0.25) is 5.43 Å². The minimum Gasteiger partial charge on any atom is -0.507 e. The molecule has 4 heteroatoms. The van der Waals surface area contributed by atoms with E-state index in [0.717, 1.165) is 11.1 Å². The van der Waals surface area contributed by atoms with E-state index in [9.17, 15) is 15.0 Å². The third-order valence-electron chi connectivity index (χ3n) is 3.89. The summed E-state index contributed by atoms with van der Waals surface area (Å²) < 4.78 is 5.71. The zero-order valence-corrected chi connectivity index (χ0v) is 13.3. The topological polar surface area (TPSA) is 70.7 Å². The predicted molar refractivity (Wildman–Crippen MR) is 91.2 cm³/mol. The molecule has 1 aromatic heterocycles. The van der Waals surface area contributed by atoms with Crippen LogP contribution in [0.3, 0.4) is 0 Å². The highest BCUT2D eigenvalue weighted by atomic mass is 16.3. The molecule has 4 nitrogen and oxygen atoms in total. The average molecular weight is 310 g/mol. The first-order valence-corrected chi connectivity index (χ1v) is 7.43. The first kappa shape index (κ1) is 15.2. The summed E-state index contributed by atoms with van der Waals surface area (Å²) in [5.41, 5.74) is 2.69. The highest BCUT2D eigenvalue weighted by Gasteiger charge is 2.18. The van der Waals surface area contributed by atoms with Crippen molar-refractivity contribution < 1.29 is 14.6 Å². The molecule has 0 aliphatic rings. The maximum absolute atomic E-state index is 12.7. The Labute approximate surface area is 133 Å². The number of phenols is 2. The molecule has 2 aromatic carbocycles. The summed E-state index contributed by atoms with van der Waals surface area (Å²) in [6, 6.07) is 6.68. The maximum Gasteiger partial charge on any atom is 0.204 e. The molecule has 0 bridgehead atoms. The standard InChI is InChI=1S/C19H18O4/c1-10(2)4-6-12-14(20)9-16-17(18(12)21)19(22)13-7-5-11(3)8-15(13)23-16/h4-5,7-9,20-21H,6H2,1-3H3. The normalized spacial score (nSPS) is 11.1. The third-order valence-corrected chi connectivity index (χ3v) is 3.89. The van der Waals surface area contributed by atoms with Gasteiger partial charge in [0.1, 0.15) is 28.1 Å². The minimum atomic E-state index is -0.294. The van der Waals surface area contributed by atoms with Gasteiger partial charge in [0.15, 0.2) is 0 Å². The summed E-state index contributed by atoms with van der Waals surface area (Å²) in [6.45, 7) is 5.76. The van der Waals surface area contributed by atoms with Crippen molar-refractivity contribution in [1.82, 2.24) is 0 Å². The molecule has 1 heterocycles. The molecule has 23 heavy (non-hydrogen) atoms. The van der Waals surface area contributed by atoms with Crippen LogP contribution < -0.4 is 5.43 Å². The van der Waals surface area contributed by atoms with Crippen LogP contribution in [0.25, 0.3) is 21.9 Å². The van der Waals surface area contributed by atoms with E-state index < -0.39 is 0 Å². The van der Waals surface area contributed by atoms with Gasteiger partial charge in [-0.15, -0.1) is 0 Å². The van der Waals surface area contributed by atoms with Gasteiger partial charge in [-0.3, -0.25) is 4.79 Å². The third kappa shape index (κ3) is 2.57. The number of fused-ring (bicyclic) bond motifs is 2. The van der Waals surface area contributed by atoms with Crippen molar-refractivity contribution >= 4 is 21.9 Å². The molecular formula is C19H18O4. The fourth-order valence-corrected chi connectivity index (χ4v) is 2.63. The highest BCUT2D eigenvalue weighted by Crippen LogP contribution is 2.36. The van der Waals surface area contributed by atoms with Crippen molar-refractivity contribution in [2.45, 2.75) is 27.2 Å². The molecule has 0 fully saturated rings. The lowest BCUT2D eigenvalue weighted by atomic mass is 10.0. The molecule has 0 amide bonds. The number of allylic oxidation sites excluding steroid dienone is 2. The number of hydrogen-bond acceptors (Lipinski definition) is 4. The van der Waals surface area contributed by atoms with E-state index >= 15 is 0 Å². The van der Waals surface area contributed by atoms with Gasteiger partial charge in [-0.25, -0.2) is 0 Å². The van der Waals surface area contributed by atoms with Gasteiger partial charge < -0.3 is 14.6 Å². The monoisotopic (exact) mass is 310 g/mol. The fourth-order valence-electron chi connectivity index (χ4n) is 2.63. The predicted octanol–water partition coefficient (Wildman–Crippen LogP) is 4.17. The van der Waals surface area contributed by atoms with Gasteiger partial charge in [-0.05, 0) is 44.9 Å². The highest BCUT2D eigenvalue weighted by molar-refractivity contribution is 5.95. The molecule has 0 aliphatic heterocycles. The van der Waals surface area contributed by atoms with Crippen LogP contribution in [-0.2, 0) is 6.42 Å². The first-order chi connectivity index (χ1) is 10.9. The molecule has 118 valence electrons. The summed E-state index contributed by atoms with van der Waals surface area (Å²) in [5.74, 6) is -0.295. The molecular weight excluding hydrogens is 292 g/mol. The van der Waals surface area contributed by atoms with Crippen LogP contribution in [0.2, 0.25) is 0 Å². The maximum atomic E-state index is 12.7. The Morgan fingerprint density at radius 3 is 2.61 bits per heavy atom. The number of phenolic OH excluding ortho intramolecular Hbond substituents is 2. The molecule has 0 aliphatic carbocycles. The van der Waals surface area contributed by atoms with Crippen LogP contribution >= 0.6 is 0 Å². The smallest absolute Gasteiger partial charge is 0.204 e. The van der Waals surface area contributed by atoms with Crippen LogP contribution in [0, 0.1) is 6.92 Å². The molecule has 0 spiro atoms. The van der Waals surface area contributed by atoms with E-state index in [1.54, 1.807) is 12.1 Å². The summed E-state index contributed by atoms with van der Waals surface area (Å²) in [6.07, 6.45) is 2.23. The SMILES string of the molecule is CC(C)=CCc1c(O)cc2oc3cc(C)ccc3c(=O)c2c1O. The number of aryl methyl sites for hydroxylation is 1. The Hall–Kier alpha value is -2.75. The van der Waals surface area contributed by atoms with Crippen LogP contribution in [0.1, 0.15) is 25.0 Å². The number of hydrogen-bond donors (Lipinski definition) is 2. The zero-order valence-electron chi connectivity index (χ0n) is 13.3. The molecule has 0 radical (unpaired) electrons. The quantitative estimate of drug-likeness (QED) is 0.550. The van der Waals surface area contributed by atoms with Crippen molar-refractivity contribution in [1.29, 1.82) is 0 Å². The molecule has 0 atom stereocenters. The second kappa shape index (κ2) is 5.47. The summed E-state index contributed by atoms with van der Waals surface area (Å²) in [7, 11) is 0. The van der Waals surface area contributed by atoms with Gasteiger partial charge in [-0.2, -0.15) is 0 Å². The van der Waals surface area contributed by atoms with E-state index in [4.69, 9.17) is 4.42 Å². The number of benzene rings is 2. The van der Waals surface area contributed by atoms with E-state index in [0.29, 0.717) is 23.0 Å². The number of rotatable bonds is 2. The van der Waals surface area contributed by atoms with Crippen LogP contribution in [0.4, 0.5) is 0 Å². The Morgan fingerprint density at radius 2 is 1.91 bits per heavy atom. The molecule has 0 saturated heterocycles. The zero-order chi connectivity index (χ0) is 16.7. The van der Waals surface area contributed by atoms with Gasteiger partial charge >= 0.3 is 0 Å². The first-order valence-electron chi connectivity index (χ1n) is 7.43. The van der Waals surface area contributed by atoms with Crippen molar-refractivity contribution in [2.75, 3.05) is 0 Å². The lowest BCUT2D eigenvalue weighted by molar-refractivity contribution is 0.443. The Bertz CT molecular complexity index is 1010. The largest absolute Gasteiger partial charge is 0.507 e. The van der Waals surface area contributed by atoms with Crippen molar-refractivity contribution in [2.24, 2.45) is 0 Å². The van der Waals surface area contributed by atoms with E-state index in [2.05, 4.69) is 0 Å². The van der Waals surface area contributed by atoms with Crippen molar-refractivity contribution in [3.05, 3.63) is 57.3 Å². The summed E-state index contributed by atoms with van der Waals surface area (Å²) >= 11 is 0. The van der Waals surface area contributed by atoms with Gasteiger partial charge in [-0.1, -0.05) is 17.7 Å². The lowest BCUT2D eigenvalue weighted by Gasteiger charge is -2.09. The summed E-state index contributed by atoms with van der Waals surface area (Å²) in [5, 5.41) is 21.2. The van der Waals surface area contributed by atoms with Crippen molar-refractivity contribution in [3.8, 4) is 11.5 Å². The van der Waals surface area contributed by atoms with Crippen LogP contribution in [-0.4, -0.2) is 10.2 Å². The fraction of sp³-hybridized carbons (Fsp3) is 0.211. The Balaban J connectivity index is 2.38. The lowest BCUT2D eigenvalue weighted by Crippen LogP contribution is -2.04. The van der Waals surface area contributed by atoms with Crippen LogP contribution in [0.15, 0.2) is 45.1 Å². The second-order valence-electron chi connectivity index (χ2n) is 6.01. The molecule has 2 N–H and O–H groups in total. The molecule has 3 aromatic rings. The molecule has 0 unspecified atom stereocenters. The molecule has 3 rings (SSSR count). The van der Waals surface area contributed by atoms with E-state index in [-0.39, 0.29) is 27.9 Å². The second-order valence-corrected chi connectivity index (χ2v) is 6.01. The van der Waals surface area contributed by atoms with Gasteiger partial charge in [0.05, 0.1) is 5.39 Å².